The highest BCUT2D eigenvalue weighted by Crippen LogP contribution is 2.18. The molecule has 0 unspecified atom stereocenters. The van der Waals surface area contributed by atoms with Crippen LogP contribution in [-0.4, -0.2) is 58.5 Å². The van der Waals surface area contributed by atoms with Crippen LogP contribution in [0, 0.1) is 0 Å². The fourth-order valence-corrected chi connectivity index (χ4v) is 3.36. The molecule has 0 aliphatic carbocycles. The van der Waals surface area contributed by atoms with Gasteiger partial charge in [0.15, 0.2) is 0 Å². The zero-order chi connectivity index (χ0) is 13.4. The summed E-state index contributed by atoms with van der Waals surface area (Å²) in [5, 5.41) is 0. The number of ether oxygens (including phenoxy) is 1. The van der Waals surface area contributed by atoms with Crippen LogP contribution in [0.4, 0.5) is 0 Å². The first-order valence-corrected chi connectivity index (χ1v) is 8.44. The van der Waals surface area contributed by atoms with E-state index in [-0.39, 0.29) is 12.4 Å². The lowest BCUT2D eigenvalue weighted by Crippen LogP contribution is -2.44. The molecule has 0 spiro atoms. The molecular formula is C12H26N2O3S. The van der Waals surface area contributed by atoms with Crippen molar-refractivity contribution in [3.8, 4) is 0 Å². The summed E-state index contributed by atoms with van der Waals surface area (Å²) in [6.45, 7) is 4.86. The van der Waals surface area contributed by atoms with Gasteiger partial charge in [-0.15, -0.1) is 0 Å². The number of likely N-dealkylation sites (tertiary alicyclic amines) is 1. The first kappa shape index (κ1) is 15.9. The topological polar surface area (TPSA) is 58.6 Å². The summed E-state index contributed by atoms with van der Waals surface area (Å²) in [6.07, 6.45) is 4.92. The molecule has 108 valence electrons. The molecule has 18 heavy (non-hydrogen) atoms. The van der Waals surface area contributed by atoms with Gasteiger partial charge in [-0.3, -0.25) is 4.90 Å². The first-order valence-electron chi connectivity index (χ1n) is 6.79. The number of nitrogens with zero attached hydrogens (tertiary/aromatic N) is 1. The molecule has 0 aromatic heterocycles. The minimum Gasteiger partial charge on any atom is -0.384 e. The highest BCUT2D eigenvalue weighted by atomic mass is 32.2. The van der Waals surface area contributed by atoms with Crippen molar-refractivity contribution in [3.05, 3.63) is 0 Å². The Morgan fingerprint density at radius 1 is 1.39 bits per heavy atom. The molecular weight excluding hydrogens is 252 g/mol. The van der Waals surface area contributed by atoms with Gasteiger partial charge in [0, 0.05) is 26.2 Å². The minimum absolute atomic E-state index is 0.0424. The van der Waals surface area contributed by atoms with E-state index in [2.05, 4.69) is 16.5 Å². The Labute approximate surface area is 111 Å². The highest BCUT2D eigenvalue weighted by Gasteiger charge is 2.20. The SMILES string of the molecule is CC[C@H]1CCCCN1CCNS(=O)(=O)CCOC. The first-order chi connectivity index (χ1) is 8.59. The van der Waals surface area contributed by atoms with Gasteiger partial charge in [0.2, 0.25) is 10.0 Å². The largest absolute Gasteiger partial charge is 0.384 e. The third-order valence-corrected chi connectivity index (χ3v) is 4.85. The molecule has 5 nitrogen and oxygen atoms in total. The molecule has 0 bridgehead atoms. The molecule has 0 aromatic carbocycles. The highest BCUT2D eigenvalue weighted by molar-refractivity contribution is 7.89. The lowest BCUT2D eigenvalue weighted by Gasteiger charge is -2.35. The summed E-state index contributed by atoms with van der Waals surface area (Å²) >= 11 is 0. The zero-order valence-corrected chi connectivity index (χ0v) is 12.3. The van der Waals surface area contributed by atoms with Crippen molar-refractivity contribution in [3.63, 3.8) is 0 Å². The molecule has 1 rings (SSSR count). The van der Waals surface area contributed by atoms with E-state index in [1.54, 1.807) is 0 Å². The van der Waals surface area contributed by atoms with Gasteiger partial charge < -0.3 is 4.74 Å². The van der Waals surface area contributed by atoms with Crippen LogP contribution < -0.4 is 4.72 Å². The van der Waals surface area contributed by atoms with Gasteiger partial charge in [-0.05, 0) is 25.8 Å². The monoisotopic (exact) mass is 278 g/mol. The summed E-state index contributed by atoms with van der Waals surface area (Å²) in [4.78, 5) is 2.41. The van der Waals surface area contributed by atoms with Crippen LogP contribution in [0.15, 0.2) is 0 Å². The lowest BCUT2D eigenvalue weighted by atomic mass is 10.0. The van der Waals surface area contributed by atoms with E-state index in [0.717, 1.165) is 19.5 Å². The zero-order valence-electron chi connectivity index (χ0n) is 11.5. The van der Waals surface area contributed by atoms with Crippen molar-refractivity contribution in [2.45, 2.75) is 38.6 Å². The Morgan fingerprint density at radius 2 is 2.17 bits per heavy atom. The van der Waals surface area contributed by atoms with Crippen molar-refractivity contribution < 1.29 is 13.2 Å². The minimum atomic E-state index is -3.17. The van der Waals surface area contributed by atoms with Gasteiger partial charge in [0.05, 0.1) is 12.4 Å². The third-order valence-electron chi connectivity index (χ3n) is 3.50. The molecule has 1 aliphatic heterocycles. The van der Waals surface area contributed by atoms with E-state index in [1.807, 2.05) is 0 Å². The Kier molecular flexibility index (Phi) is 7.14. The van der Waals surface area contributed by atoms with Gasteiger partial charge in [0.1, 0.15) is 0 Å². The van der Waals surface area contributed by atoms with Crippen LogP contribution in [0.1, 0.15) is 32.6 Å². The quantitative estimate of drug-likeness (QED) is 0.714. The smallest absolute Gasteiger partial charge is 0.213 e. The predicted octanol–water partition coefficient (Wildman–Crippen LogP) is 0.817. The summed E-state index contributed by atoms with van der Waals surface area (Å²) in [7, 11) is -1.66. The van der Waals surface area contributed by atoms with Gasteiger partial charge >= 0.3 is 0 Å². The molecule has 1 N–H and O–H groups in total. The number of rotatable bonds is 8. The number of hydrogen-bond acceptors (Lipinski definition) is 4. The van der Waals surface area contributed by atoms with Crippen LogP contribution in [0.5, 0.6) is 0 Å². The average molecular weight is 278 g/mol. The van der Waals surface area contributed by atoms with Crippen molar-refractivity contribution in [2.75, 3.05) is 39.1 Å². The molecule has 0 radical (unpaired) electrons. The third kappa shape index (κ3) is 5.65. The second-order valence-electron chi connectivity index (χ2n) is 4.80. The molecule has 6 heteroatoms. The van der Waals surface area contributed by atoms with E-state index in [9.17, 15) is 8.42 Å². The van der Waals surface area contributed by atoms with E-state index in [4.69, 9.17) is 4.74 Å². The molecule has 1 fully saturated rings. The Balaban J connectivity index is 2.27. The maximum atomic E-state index is 11.6. The Morgan fingerprint density at radius 3 is 2.83 bits per heavy atom. The standard InChI is InChI=1S/C12H26N2O3S/c1-3-12-6-4-5-8-14(12)9-7-13-18(15,16)11-10-17-2/h12-13H,3-11H2,1-2H3/t12-/m0/s1. The van der Waals surface area contributed by atoms with E-state index >= 15 is 0 Å². The second-order valence-corrected chi connectivity index (χ2v) is 6.73. The maximum Gasteiger partial charge on any atom is 0.213 e. The van der Waals surface area contributed by atoms with E-state index in [0.29, 0.717) is 12.6 Å². The molecule has 0 amide bonds. The van der Waals surface area contributed by atoms with Crippen LogP contribution >= 0.6 is 0 Å². The normalized spacial score (nSPS) is 22.2. The van der Waals surface area contributed by atoms with Crippen molar-refractivity contribution in [1.82, 2.24) is 9.62 Å². The average Bonchev–Trinajstić information content (AvgIpc) is 2.37. The lowest BCUT2D eigenvalue weighted by molar-refractivity contribution is 0.147. The number of sulfonamides is 1. The van der Waals surface area contributed by atoms with Crippen LogP contribution in [-0.2, 0) is 14.8 Å². The fraction of sp³-hybridized carbons (Fsp3) is 1.00. The Hall–Kier alpha value is -0.170. The molecule has 1 heterocycles. The van der Waals surface area contributed by atoms with E-state index in [1.165, 1.54) is 26.4 Å². The summed E-state index contributed by atoms with van der Waals surface area (Å²) in [5.74, 6) is 0.0424. The molecule has 1 atom stereocenters. The van der Waals surface area contributed by atoms with E-state index < -0.39 is 10.0 Å². The second kappa shape index (κ2) is 8.09. The van der Waals surface area contributed by atoms with Crippen molar-refractivity contribution >= 4 is 10.0 Å². The van der Waals surface area contributed by atoms with Crippen molar-refractivity contribution in [1.29, 1.82) is 0 Å². The fourth-order valence-electron chi connectivity index (χ4n) is 2.43. The van der Waals surface area contributed by atoms with Gasteiger partial charge in [-0.1, -0.05) is 13.3 Å². The van der Waals surface area contributed by atoms with Gasteiger partial charge in [-0.25, -0.2) is 13.1 Å². The van der Waals surface area contributed by atoms with Crippen LogP contribution in [0.2, 0.25) is 0 Å². The Bertz CT molecular complexity index is 319. The van der Waals surface area contributed by atoms with Crippen LogP contribution in [0.25, 0.3) is 0 Å². The summed E-state index contributed by atoms with van der Waals surface area (Å²) in [6, 6.07) is 0.627. The van der Waals surface area contributed by atoms with Gasteiger partial charge in [-0.2, -0.15) is 0 Å². The predicted molar refractivity (Wildman–Crippen MR) is 73.2 cm³/mol. The molecule has 1 aliphatic rings. The number of nitrogens with one attached hydrogen (secondary N) is 1. The number of methoxy groups -OCH3 is 1. The van der Waals surface area contributed by atoms with Crippen molar-refractivity contribution in [2.24, 2.45) is 0 Å². The maximum absolute atomic E-state index is 11.6. The summed E-state index contributed by atoms with van der Waals surface area (Å²) in [5.41, 5.74) is 0. The number of piperidine rings is 1. The van der Waals surface area contributed by atoms with Crippen LogP contribution in [0.3, 0.4) is 0 Å². The summed E-state index contributed by atoms with van der Waals surface area (Å²) < 4.78 is 30.6. The van der Waals surface area contributed by atoms with Gasteiger partial charge in [0.25, 0.3) is 0 Å². The number of hydrogen-bond donors (Lipinski definition) is 1. The molecule has 0 saturated carbocycles. The molecule has 1 saturated heterocycles. The molecule has 0 aromatic rings.